The Bertz CT molecular complexity index is 495. The molecule has 0 aliphatic carbocycles. The number of hydrogen-bond acceptors (Lipinski definition) is 5. The molecule has 1 N–H and O–H groups in total. The number of hydrogen-bond donors (Lipinski definition) is 1. The Labute approximate surface area is 124 Å². The number of amides is 1. The third-order valence-electron chi connectivity index (χ3n) is 4.00. The molecule has 0 spiro atoms. The van der Waals surface area contributed by atoms with E-state index in [-0.39, 0.29) is 42.5 Å². The van der Waals surface area contributed by atoms with Crippen LogP contribution in [0.5, 0.6) is 0 Å². The Balaban J connectivity index is 1.73. The van der Waals surface area contributed by atoms with Gasteiger partial charge in [0.2, 0.25) is 5.91 Å². The number of carbonyl (C=O) groups is 2. The predicted octanol–water partition coefficient (Wildman–Crippen LogP) is -0.0966. The van der Waals surface area contributed by atoms with Gasteiger partial charge in [-0.05, 0) is 19.3 Å². The minimum Gasteiger partial charge on any atom is -0.481 e. The van der Waals surface area contributed by atoms with E-state index in [0.717, 1.165) is 0 Å². The molecule has 0 bridgehead atoms. The topological polar surface area (TPSA) is 101 Å². The van der Waals surface area contributed by atoms with Crippen molar-refractivity contribution in [3.63, 3.8) is 0 Å². The maximum atomic E-state index is 12.2. The number of carboxylic acid groups (broad SMARTS) is 1. The fraction of sp³-hybridized carbons (Fsp3) is 0.846. The summed E-state index contributed by atoms with van der Waals surface area (Å²) >= 11 is 0. The van der Waals surface area contributed by atoms with Crippen molar-refractivity contribution in [2.45, 2.75) is 31.8 Å². The Morgan fingerprint density at radius 1 is 1.19 bits per heavy atom. The van der Waals surface area contributed by atoms with Gasteiger partial charge in [-0.3, -0.25) is 9.59 Å². The first kappa shape index (κ1) is 16.2. The third kappa shape index (κ3) is 4.67. The molecule has 0 aromatic carbocycles. The standard InChI is InChI=1S/C13H21NO6S/c15-12(16)3-7-20-11-1-5-14(6-2-11)13(17)10-4-8-21(18,19)9-10/h10-11H,1-9H2,(H,15,16). The predicted molar refractivity (Wildman–Crippen MR) is 74.6 cm³/mol. The van der Waals surface area contributed by atoms with Crippen LogP contribution in [0.3, 0.4) is 0 Å². The Morgan fingerprint density at radius 3 is 2.38 bits per heavy atom. The van der Waals surface area contributed by atoms with E-state index in [1.807, 2.05) is 0 Å². The molecular formula is C13H21NO6S. The van der Waals surface area contributed by atoms with Gasteiger partial charge in [-0.2, -0.15) is 0 Å². The zero-order valence-electron chi connectivity index (χ0n) is 11.9. The van der Waals surface area contributed by atoms with Crippen LogP contribution in [-0.4, -0.2) is 67.6 Å². The maximum Gasteiger partial charge on any atom is 0.305 e. The molecule has 1 amide bonds. The minimum absolute atomic E-state index is 0.0132. The van der Waals surface area contributed by atoms with E-state index < -0.39 is 15.8 Å². The van der Waals surface area contributed by atoms with Gasteiger partial charge in [0.1, 0.15) is 0 Å². The summed E-state index contributed by atoms with van der Waals surface area (Å²) in [5.74, 6) is -1.26. The van der Waals surface area contributed by atoms with E-state index in [1.54, 1.807) is 4.90 Å². The van der Waals surface area contributed by atoms with Crippen LogP contribution in [0.1, 0.15) is 25.7 Å². The average Bonchev–Trinajstić information content (AvgIpc) is 2.79. The molecule has 1 unspecified atom stereocenters. The van der Waals surface area contributed by atoms with Crippen LogP contribution in [0.15, 0.2) is 0 Å². The average molecular weight is 319 g/mol. The summed E-state index contributed by atoms with van der Waals surface area (Å²) < 4.78 is 28.3. The van der Waals surface area contributed by atoms with E-state index in [1.165, 1.54) is 0 Å². The lowest BCUT2D eigenvalue weighted by Crippen LogP contribution is -2.44. The lowest BCUT2D eigenvalue weighted by atomic mass is 10.0. The van der Waals surface area contributed by atoms with Crippen LogP contribution in [0.4, 0.5) is 0 Å². The van der Waals surface area contributed by atoms with Gasteiger partial charge in [-0.1, -0.05) is 0 Å². The van der Waals surface area contributed by atoms with Gasteiger partial charge in [-0.25, -0.2) is 8.42 Å². The van der Waals surface area contributed by atoms with Crippen molar-refractivity contribution in [3.8, 4) is 0 Å². The van der Waals surface area contributed by atoms with Crippen LogP contribution in [0, 0.1) is 5.92 Å². The lowest BCUT2D eigenvalue weighted by molar-refractivity contribution is -0.139. The first-order valence-electron chi connectivity index (χ1n) is 7.20. The molecular weight excluding hydrogens is 298 g/mol. The summed E-state index contributed by atoms with van der Waals surface area (Å²) in [7, 11) is -3.04. The fourth-order valence-electron chi connectivity index (χ4n) is 2.80. The van der Waals surface area contributed by atoms with Crippen molar-refractivity contribution in [2.24, 2.45) is 5.92 Å². The monoisotopic (exact) mass is 319 g/mol. The third-order valence-corrected chi connectivity index (χ3v) is 5.77. The Hall–Kier alpha value is -1.15. The summed E-state index contributed by atoms with van der Waals surface area (Å²) in [6.07, 6.45) is 1.74. The van der Waals surface area contributed by atoms with Crippen molar-refractivity contribution in [1.29, 1.82) is 0 Å². The number of sulfone groups is 1. The van der Waals surface area contributed by atoms with Gasteiger partial charge in [0.15, 0.2) is 9.84 Å². The van der Waals surface area contributed by atoms with Gasteiger partial charge in [0, 0.05) is 13.1 Å². The molecule has 0 aromatic rings. The number of aliphatic carboxylic acids is 1. The normalized spacial score (nSPS) is 25.9. The van der Waals surface area contributed by atoms with Crippen molar-refractivity contribution in [1.82, 2.24) is 4.90 Å². The molecule has 2 aliphatic heterocycles. The highest BCUT2D eigenvalue weighted by molar-refractivity contribution is 7.91. The zero-order chi connectivity index (χ0) is 15.5. The Kier molecular flexibility index (Phi) is 5.21. The second kappa shape index (κ2) is 6.74. The van der Waals surface area contributed by atoms with Gasteiger partial charge < -0.3 is 14.7 Å². The first-order chi connectivity index (χ1) is 9.87. The number of piperidine rings is 1. The van der Waals surface area contributed by atoms with Gasteiger partial charge in [0.05, 0.1) is 36.6 Å². The molecule has 0 aromatic heterocycles. The highest BCUT2D eigenvalue weighted by Gasteiger charge is 2.36. The van der Waals surface area contributed by atoms with Crippen LogP contribution in [-0.2, 0) is 24.2 Å². The van der Waals surface area contributed by atoms with E-state index in [0.29, 0.717) is 32.4 Å². The molecule has 8 heteroatoms. The first-order valence-corrected chi connectivity index (χ1v) is 9.02. The quantitative estimate of drug-likeness (QED) is 0.759. The van der Waals surface area contributed by atoms with Crippen molar-refractivity contribution in [3.05, 3.63) is 0 Å². The largest absolute Gasteiger partial charge is 0.481 e. The van der Waals surface area contributed by atoms with Gasteiger partial charge in [0.25, 0.3) is 0 Å². The van der Waals surface area contributed by atoms with Crippen LogP contribution >= 0.6 is 0 Å². The number of likely N-dealkylation sites (tertiary alicyclic amines) is 1. The molecule has 0 radical (unpaired) electrons. The molecule has 120 valence electrons. The van der Waals surface area contributed by atoms with Crippen molar-refractivity contribution >= 4 is 21.7 Å². The second-order valence-corrected chi connectivity index (χ2v) is 7.87. The molecule has 2 saturated heterocycles. The SMILES string of the molecule is O=C(O)CCOC1CCN(C(=O)C2CCS(=O)(=O)C2)CC1. The Morgan fingerprint density at radius 2 is 1.86 bits per heavy atom. The van der Waals surface area contributed by atoms with E-state index in [4.69, 9.17) is 9.84 Å². The lowest BCUT2D eigenvalue weighted by Gasteiger charge is -2.33. The fourth-order valence-corrected chi connectivity index (χ4v) is 4.54. The van der Waals surface area contributed by atoms with E-state index in [9.17, 15) is 18.0 Å². The molecule has 1 atom stereocenters. The summed E-state index contributed by atoms with van der Waals surface area (Å²) in [5, 5.41) is 8.54. The highest BCUT2D eigenvalue weighted by atomic mass is 32.2. The van der Waals surface area contributed by atoms with Crippen LogP contribution in [0.2, 0.25) is 0 Å². The summed E-state index contributed by atoms with van der Waals surface area (Å²) in [6, 6.07) is 0. The smallest absolute Gasteiger partial charge is 0.305 e. The molecule has 2 rings (SSSR count). The molecule has 2 fully saturated rings. The number of carbonyl (C=O) groups excluding carboxylic acids is 1. The zero-order valence-corrected chi connectivity index (χ0v) is 12.7. The number of nitrogens with zero attached hydrogens (tertiary/aromatic N) is 1. The van der Waals surface area contributed by atoms with Crippen molar-refractivity contribution < 1.29 is 27.9 Å². The number of carboxylic acids is 1. The molecule has 0 saturated carbocycles. The molecule has 2 heterocycles. The van der Waals surface area contributed by atoms with Gasteiger partial charge in [-0.15, -0.1) is 0 Å². The number of rotatable bonds is 5. The van der Waals surface area contributed by atoms with E-state index in [2.05, 4.69) is 0 Å². The molecule has 7 nitrogen and oxygen atoms in total. The van der Waals surface area contributed by atoms with E-state index >= 15 is 0 Å². The molecule has 2 aliphatic rings. The van der Waals surface area contributed by atoms with Crippen LogP contribution < -0.4 is 0 Å². The maximum absolute atomic E-state index is 12.2. The van der Waals surface area contributed by atoms with Crippen molar-refractivity contribution in [2.75, 3.05) is 31.2 Å². The minimum atomic E-state index is -3.04. The van der Waals surface area contributed by atoms with Gasteiger partial charge >= 0.3 is 5.97 Å². The highest BCUT2D eigenvalue weighted by Crippen LogP contribution is 2.23. The summed E-state index contributed by atoms with van der Waals surface area (Å²) in [4.78, 5) is 24.4. The summed E-state index contributed by atoms with van der Waals surface area (Å²) in [6.45, 7) is 1.29. The number of ether oxygens (including phenoxy) is 1. The molecule has 21 heavy (non-hydrogen) atoms. The van der Waals surface area contributed by atoms with Crippen LogP contribution in [0.25, 0.3) is 0 Å². The second-order valence-electron chi connectivity index (χ2n) is 5.64. The summed E-state index contributed by atoms with van der Waals surface area (Å²) in [5.41, 5.74) is 0.